The van der Waals surface area contributed by atoms with Crippen LogP contribution >= 0.6 is 0 Å². The van der Waals surface area contributed by atoms with Crippen LogP contribution in [0.3, 0.4) is 0 Å². The Hall–Kier alpha value is -2.67. The predicted molar refractivity (Wildman–Crippen MR) is 116 cm³/mol. The first-order chi connectivity index (χ1) is 14.6. The molecule has 1 atom stereocenters. The Morgan fingerprint density at radius 3 is 2.57 bits per heavy atom. The van der Waals surface area contributed by atoms with Gasteiger partial charge in [-0.15, -0.1) is 5.10 Å². The minimum absolute atomic E-state index is 0.0233. The number of anilines is 1. The van der Waals surface area contributed by atoms with Gasteiger partial charge in [0.25, 0.3) is 5.56 Å². The number of rotatable bonds is 6. The molecular formula is C23H30N4O3. The van der Waals surface area contributed by atoms with Crippen molar-refractivity contribution in [2.24, 2.45) is 5.92 Å². The van der Waals surface area contributed by atoms with Crippen LogP contribution in [0.25, 0.3) is 5.69 Å². The van der Waals surface area contributed by atoms with Gasteiger partial charge in [-0.2, -0.15) is 4.68 Å². The third-order valence-electron chi connectivity index (χ3n) is 6.09. The van der Waals surface area contributed by atoms with Crippen molar-refractivity contribution in [1.29, 1.82) is 0 Å². The molecule has 7 nitrogen and oxygen atoms in total. The molecule has 0 bridgehead atoms. The third-order valence-corrected chi connectivity index (χ3v) is 6.09. The summed E-state index contributed by atoms with van der Waals surface area (Å²) < 4.78 is 7.03. The highest BCUT2D eigenvalue weighted by Crippen LogP contribution is 2.22. The quantitative estimate of drug-likeness (QED) is 0.791. The summed E-state index contributed by atoms with van der Waals surface area (Å²) in [6.07, 6.45) is 4.80. The van der Waals surface area contributed by atoms with E-state index in [4.69, 9.17) is 4.74 Å². The van der Waals surface area contributed by atoms with Crippen LogP contribution in [0, 0.1) is 5.92 Å². The van der Waals surface area contributed by atoms with Gasteiger partial charge < -0.3 is 15.0 Å². The van der Waals surface area contributed by atoms with E-state index in [-0.39, 0.29) is 23.5 Å². The van der Waals surface area contributed by atoms with Crippen molar-refractivity contribution < 1.29 is 9.53 Å². The number of amides is 1. The molecule has 0 spiro atoms. The highest BCUT2D eigenvalue weighted by molar-refractivity contribution is 5.79. The van der Waals surface area contributed by atoms with E-state index in [1.807, 2.05) is 24.3 Å². The average Bonchev–Trinajstić information content (AvgIpc) is 3.32. The van der Waals surface area contributed by atoms with E-state index in [1.165, 1.54) is 10.2 Å². The van der Waals surface area contributed by atoms with Crippen molar-refractivity contribution in [3.8, 4) is 5.69 Å². The lowest BCUT2D eigenvalue weighted by Gasteiger charge is -2.32. The van der Waals surface area contributed by atoms with Crippen molar-refractivity contribution in [1.82, 2.24) is 15.1 Å². The Kier molecular flexibility index (Phi) is 6.47. The number of hydrogen-bond donors (Lipinski definition) is 1. The van der Waals surface area contributed by atoms with Crippen LogP contribution in [0.2, 0.25) is 0 Å². The molecule has 2 aliphatic heterocycles. The molecule has 1 aromatic heterocycles. The van der Waals surface area contributed by atoms with Gasteiger partial charge in [-0.1, -0.05) is 19.1 Å². The fraction of sp³-hybridized carbons (Fsp3) is 0.522. The standard InChI is InChI=1S/C23H30N4O3/c1-2-17-5-7-19(8-6-17)27-22(28)10-9-21(25-27)26-13-11-18(12-14-26)23(29)24-16-20-4-3-15-30-20/h5-10,18,20H,2-4,11-16H2,1H3,(H,24,29)/t20-/m0/s1. The minimum atomic E-state index is -0.147. The van der Waals surface area contributed by atoms with Gasteiger partial charge in [0.15, 0.2) is 0 Å². The van der Waals surface area contributed by atoms with Gasteiger partial charge in [0, 0.05) is 38.2 Å². The number of benzene rings is 1. The summed E-state index contributed by atoms with van der Waals surface area (Å²) in [4.78, 5) is 27.0. The number of nitrogens with one attached hydrogen (secondary N) is 1. The summed E-state index contributed by atoms with van der Waals surface area (Å²) >= 11 is 0. The van der Waals surface area contributed by atoms with Gasteiger partial charge >= 0.3 is 0 Å². The lowest BCUT2D eigenvalue weighted by molar-refractivity contribution is -0.126. The Morgan fingerprint density at radius 2 is 1.90 bits per heavy atom. The Bertz CT molecular complexity index is 911. The number of nitrogens with zero attached hydrogens (tertiary/aromatic N) is 3. The molecule has 2 aromatic rings. The van der Waals surface area contributed by atoms with Crippen LogP contribution in [0.15, 0.2) is 41.2 Å². The molecule has 0 radical (unpaired) electrons. The van der Waals surface area contributed by atoms with Crippen LogP contribution < -0.4 is 15.8 Å². The van der Waals surface area contributed by atoms with Crippen LogP contribution in [0.5, 0.6) is 0 Å². The molecule has 3 heterocycles. The SMILES string of the molecule is CCc1ccc(-n2nc(N3CCC(C(=O)NC[C@@H]4CCCO4)CC3)ccc2=O)cc1. The smallest absolute Gasteiger partial charge is 0.271 e. The molecule has 1 amide bonds. The number of carbonyl (C=O) groups excluding carboxylic acids is 1. The van der Waals surface area contributed by atoms with Crippen molar-refractivity contribution in [3.05, 3.63) is 52.3 Å². The second kappa shape index (κ2) is 9.43. The Labute approximate surface area is 177 Å². The highest BCUT2D eigenvalue weighted by Gasteiger charge is 2.27. The molecule has 0 unspecified atom stereocenters. The summed E-state index contributed by atoms with van der Waals surface area (Å²) in [5.41, 5.74) is 1.84. The van der Waals surface area contributed by atoms with E-state index in [1.54, 1.807) is 12.1 Å². The zero-order chi connectivity index (χ0) is 20.9. The largest absolute Gasteiger partial charge is 0.376 e. The molecule has 1 aromatic carbocycles. The van der Waals surface area contributed by atoms with Crippen LogP contribution in [-0.2, 0) is 16.0 Å². The normalized spacial score (nSPS) is 19.8. The van der Waals surface area contributed by atoms with Crippen LogP contribution in [0.1, 0.15) is 38.2 Å². The monoisotopic (exact) mass is 410 g/mol. The molecule has 4 rings (SSSR count). The van der Waals surface area contributed by atoms with Gasteiger partial charge in [-0.25, -0.2) is 0 Å². The van der Waals surface area contributed by atoms with Gasteiger partial charge in [0.05, 0.1) is 11.8 Å². The summed E-state index contributed by atoms with van der Waals surface area (Å²) in [5.74, 6) is 0.918. The van der Waals surface area contributed by atoms with Gasteiger partial charge in [-0.3, -0.25) is 9.59 Å². The van der Waals surface area contributed by atoms with E-state index < -0.39 is 0 Å². The average molecular weight is 411 g/mol. The molecule has 2 fully saturated rings. The topological polar surface area (TPSA) is 76.5 Å². The molecule has 30 heavy (non-hydrogen) atoms. The van der Waals surface area contributed by atoms with Gasteiger partial charge in [0.1, 0.15) is 5.82 Å². The number of piperidine rings is 1. The lowest BCUT2D eigenvalue weighted by Crippen LogP contribution is -2.43. The summed E-state index contributed by atoms with van der Waals surface area (Å²) in [5, 5.41) is 7.65. The number of carbonyl (C=O) groups is 1. The van der Waals surface area contributed by atoms with Crippen molar-refractivity contribution in [2.75, 3.05) is 31.1 Å². The van der Waals surface area contributed by atoms with Crippen molar-refractivity contribution >= 4 is 11.7 Å². The zero-order valence-corrected chi connectivity index (χ0v) is 17.5. The molecule has 160 valence electrons. The van der Waals surface area contributed by atoms with E-state index in [0.29, 0.717) is 6.54 Å². The Morgan fingerprint density at radius 1 is 1.13 bits per heavy atom. The van der Waals surface area contributed by atoms with E-state index in [2.05, 4.69) is 22.2 Å². The fourth-order valence-electron chi connectivity index (χ4n) is 4.16. The van der Waals surface area contributed by atoms with Crippen LogP contribution in [-0.4, -0.2) is 48.0 Å². The lowest BCUT2D eigenvalue weighted by atomic mass is 9.96. The molecule has 0 aliphatic carbocycles. The fourth-order valence-corrected chi connectivity index (χ4v) is 4.16. The first-order valence-electron chi connectivity index (χ1n) is 11.0. The van der Waals surface area contributed by atoms with E-state index >= 15 is 0 Å². The zero-order valence-electron chi connectivity index (χ0n) is 17.5. The molecular weight excluding hydrogens is 380 g/mol. The Balaban J connectivity index is 1.37. The molecule has 7 heteroatoms. The summed E-state index contributed by atoms with van der Waals surface area (Å²) in [6.45, 7) is 5.02. The summed E-state index contributed by atoms with van der Waals surface area (Å²) in [7, 11) is 0. The van der Waals surface area contributed by atoms with Crippen molar-refractivity contribution in [2.45, 2.75) is 45.1 Å². The molecule has 2 saturated heterocycles. The molecule has 0 saturated carbocycles. The first kappa shape index (κ1) is 20.6. The highest BCUT2D eigenvalue weighted by atomic mass is 16.5. The second-order valence-corrected chi connectivity index (χ2v) is 8.10. The second-order valence-electron chi connectivity index (χ2n) is 8.10. The molecule has 1 N–H and O–H groups in total. The number of aryl methyl sites for hydroxylation is 1. The number of hydrogen-bond acceptors (Lipinski definition) is 5. The maximum atomic E-state index is 12.5. The van der Waals surface area contributed by atoms with Gasteiger partial charge in [0.2, 0.25) is 5.91 Å². The number of ether oxygens (including phenoxy) is 1. The number of aromatic nitrogens is 2. The molecule has 2 aliphatic rings. The van der Waals surface area contributed by atoms with E-state index in [9.17, 15) is 9.59 Å². The minimum Gasteiger partial charge on any atom is -0.376 e. The third kappa shape index (κ3) is 4.73. The van der Waals surface area contributed by atoms with Crippen LogP contribution in [0.4, 0.5) is 5.82 Å². The maximum absolute atomic E-state index is 12.5. The van der Waals surface area contributed by atoms with Crippen molar-refractivity contribution in [3.63, 3.8) is 0 Å². The first-order valence-corrected chi connectivity index (χ1v) is 11.0. The van der Waals surface area contributed by atoms with E-state index in [0.717, 1.165) is 63.3 Å². The summed E-state index contributed by atoms with van der Waals surface area (Å²) in [6, 6.07) is 11.3. The maximum Gasteiger partial charge on any atom is 0.271 e. The van der Waals surface area contributed by atoms with Gasteiger partial charge in [-0.05, 0) is 55.9 Å². The predicted octanol–water partition coefficient (Wildman–Crippen LogP) is 2.31.